The topological polar surface area (TPSA) is 83.9 Å². The first-order valence-corrected chi connectivity index (χ1v) is 11.3. The van der Waals surface area contributed by atoms with Crippen molar-refractivity contribution in [2.45, 2.75) is 43.8 Å². The Labute approximate surface area is 170 Å². The first kappa shape index (κ1) is 18.5. The number of hydrogen-bond acceptors (Lipinski definition) is 4. The summed E-state index contributed by atoms with van der Waals surface area (Å²) in [6, 6.07) is 8.17. The van der Waals surface area contributed by atoms with E-state index < -0.39 is 16.3 Å². The van der Waals surface area contributed by atoms with Crippen molar-refractivity contribution in [2.75, 3.05) is 18.5 Å². The van der Waals surface area contributed by atoms with Gasteiger partial charge < -0.3 is 9.64 Å². The number of rotatable bonds is 4. The fourth-order valence-electron chi connectivity index (χ4n) is 5.07. The number of nitrogens with zero attached hydrogens (tertiary/aromatic N) is 3. The summed E-state index contributed by atoms with van der Waals surface area (Å²) in [6.07, 6.45) is 6.14. The standard InChI is InChI=1S/C20H24N4O4S/c1-28-15-7-8-16-14(13-15)9-12-23-19(16)17-5-4-6-18(20(23)25)24(17)29(26,27)21-22-10-2-3-11-22/h2-3,7-8,10-11,13,17-19,21H,4-6,9,12H2,1H3. The molecule has 0 radical (unpaired) electrons. The predicted molar refractivity (Wildman–Crippen MR) is 107 cm³/mol. The van der Waals surface area contributed by atoms with Gasteiger partial charge in [-0.05, 0) is 61.1 Å². The van der Waals surface area contributed by atoms with Crippen molar-refractivity contribution in [1.82, 2.24) is 13.9 Å². The van der Waals surface area contributed by atoms with Crippen molar-refractivity contribution in [2.24, 2.45) is 0 Å². The van der Waals surface area contributed by atoms with Crippen LogP contribution in [0, 0.1) is 0 Å². The molecule has 0 spiro atoms. The minimum atomic E-state index is -3.89. The fraction of sp³-hybridized carbons (Fsp3) is 0.450. The van der Waals surface area contributed by atoms with Crippen molar-refractivity contribution in [3.8, 4) is 5.75 Å². The van der Waals surface area contributed by atoms with E-state index in [2.05, 4.69) is 4.83 Å². The van der Waals surface area contributed by atoms with Crippen LogP contribution in [0.2, 0.25) is 0 Å². The Balaban J connectivity index is 1.57. The van der Waals surface area contributed by atoms with Crippen LogP contribution in [0.25, 0.3) is 0 Å². The summed E-state index contributed by atoms with van der Waals surface area (Å²) in [6.45, 7) is 0.607. The zero-order valence-electron chi connectivity index (χ0n) is 16.2. The van der Waals surface area contributed by atoms with Crippen molar-refractivity contribution in [3.05, 3.63) is 53.9 Å². The quantitative estimate of drug-likeness (QED) is 0.822. The summed E-state index contributed by atoms with van der Waals surface area (Å²) in [7, 11) is -2.26. The van der Waals surface area contributed by atoms with Gasteiger partial charge in [0.2, 0.25) is 5.91 Å². The van der Waals surface area contributed by atoms with Gasteiger partial charge in [0.1, 0.15) is 11.8 Å². The van der Waals surface area contributed by atoms with E-state index in [0.29, 0.717) is 13.0 Å². The summed E-state index contributed by atoms with van der Waals surface area (Å²) < 4.78 is 34.8. The summed E-state index contributed by atoms with van der Waals surface area (Å²) in [5, 5.41) is 0. The first-order valence-electron chi connectivity index (χ1n) is 9.91. The lowest BCUT2D eigenvalue weighted by Crippen LogP contribution is -2.68. The zero-order valence-corrected chi connectivity index (χ0v) is 17.0. The van der Waals surface area contributed by atoms with Crippen LogP contribution in [0.15, 0.2) is 42.7 Å². The third-order valence-electron chi connectivity index (χ3n) is 6.27. The van der Waals surface area contributed by atoms with E-state index in [4.69, 9.17) is 4.74 Å². The highest BCUT2D eigenvalue weighted by Gasteiger charge is 2.55. The normalized spacial score (nSPS) is 26.6. The van der Waals surface area contributed by atoms with Crippen LogP contribution in [0.3, 0.4) is 0 Å². The lowest BCUT2D eigenvalue weighted by atomic mass is 9.80. The van der Waals surface area contributed by atoms with Crippen molar-refractivity contribution in [3.63, 3.8) is 0 Å². The molecule has 154 valence electrons. The molecule has 29 heavy (non-hydrogen) atoms. The number of aromatic nitrogens is 1. The molecule has 5 rings (SSSR count). The van der Waals surface area contributed by atoms with Gasteiger partial charge in [0.15, 0.2) is 0 Å². The van der Waals surface area contributed by atoms with E-state index in [0.717, 1.165) is 36.1 Å². The Hall–Kier alpha value is -2.52. The molecule has 2 aromatic rings. The second-order valence-corrected chi connectivity index (χ2v) is 9.38. The van der Waals surface area contributed by atoms with Gasteiger partial charge in [-0.25, -0.2) is 4.83 Å². The average Bonchev–Trinajstić information content (AvgIpc) is 3.22. The van der Waals surface area contributed by atoms with Crippen LogP contribution in [0.1, 0.15) is 36.4 Å². The SMILES string of the molecule is COc1ccc2c(c1)CCN1C(=O)C3CCCC(C21)N3S(=O)(=O)Nn1cccc1. The molecular formula is C20H24N4O4S. The number of benzene rings is 1. The van der Waals surface area contributed by atoms with Crippen molar-refractivity contribution < 1.29 is 17.9 Å². The fourth-order valence-corrected chi connectivity index (χ4v) is 6.66. The van der Waals surface area contributed by atoms with Gasteiger partial charge in [0.05, 0.1) is 19.2 Å². The maximum absolute atomic E-state index is 13.3. The van der Waals surface area contributed by atoms with Crippen molar-refractivity contribution >= 4 is 16.1 Å². The van der Waals surface area contributed by atoms with E-state index in [-0.39, 0.29) is 18.0 Å². The molecule has 1 amide bonds. The zero-order chi connectivity index (χ0) is 20.2. The van der Waals surface area contributed by atoms with Crippen LogP contribution in [-0.4, -0.2) is 53.9 Å². The molecule has 3 atom stereocenters. The van der Waals surface area contributed by atoms with Gasteiger partial charge in [-0.1, -0.05) is 6.07 Å². The number of carbonyl (C=O) groups is 1. The second kappa shape index (κ2) is 6.77. The number of carbonyl (C=O) groups excluding carboxylic acids is 1. The molecule has 3 unspecified atom stereocenters. The minimum absolute atomic E-state index is 0.0923. The highest BCUT2D eigenvalue weighted by atomic mass is 32.2. The van der Waals surface area contributed by atoms with Crippen molar-refractivity contribution in [1.29, 1.82) is 0 Å². The minimum Gasteiger partial charge on any atom is -0.497 e. The van der Waals surface area contributed by atoms with Gasteiger partial charge in [-0.2, -0.15) is 12.7 Å². The molecule has 3 aliphatic heterocycles. The summed E-state index contributed by atoms with van der Waals surface area (Å²) in [4.78, 5) is 17.8. The van der Waals surface area contributed by atoms with Gasteiger partial charge in [-0.15, -0.1) is 0 Å². The smallest absolute Gasteiger partial charge is 0.316 e. The number of piperidine rings is 1. The highest BCUT2D eigenvalue weighted by Crippen LogP contribution is 2.45. The number of methoxy groups -OCH3 is 1. The second-order valence-electron chi connectivity index (χ2n) is 7.82. The van der Waals surface area contributed by atoms with Gasteiger partial charge in [-0.3, -0.25) is 9.47 Å². The van der Waals surface area contributed by atoms with Crippen LogP contribution in [0.4, 0.5) is 0 Å². The number of hydrogen-bond donors (Lipinski definition) is 1. The monoisotopic (exact) mass is 416 g/mol. The summed E-state index contributed by atoms with van der Waals surface area (Å²) >= 11 is 0. The Morgan fingerprint density at radius 2 is 1.97 bits per heavy atom. The van der Waals surface area contributed by atoms with Crippen LogP contribution in [-0.2, 0) is 21.4 Å². The Bertz CT molecular complexity index is 1040. The third kappa shape index (κ3) is 2.91. The number of piperazine rings is 1. The largest absolute Gasteiger partial charge is 0.497 e. The van der Waals surface area contributed by atoms with Gasteiger partial charge in [0, 0.05) is 18.9 Å². The van der Waals surface area contributed by atoms with Crippen LogP contribution >= 0.6 is 0 Å². The Kier molecular flexibility index (Phi) is 4.32. The summed E-state index contributed by atoms with van der Waals surface area (Å²) in [5.74, 6) is 0.685. The maximum Gasteiger partial charge on any atom is 0.316 e. The summed E-state index contributed by atoms with van der Waals surface area (Å²) in [5.41, 5.74) is 2.15. The molecule has 3 aliphatic rings. The number of ether oxygens (including phenoxy) is 1. The molecule has 4 heterocycles. The highest BCUT2D eigenvalue weighted by molar-refractivity contribution is 7.90. The third-order valence-corrected chi connectivity index (χ3v) is 7.80. The molecule has 1 aromatic carbocycles. The lowest BCUT2D eigenvalue weighted by molar-refractivity contribution is -0.150. The molecule has 2 fully saturated rings. The number of nitrogens with one attached hydrogen (secondary N) is 1. The predicted octanol–water partition coefficient (Wildman–Crippen LogP) is 1.65. The molecule has 2 saturated heterocycles. The molecule has 9 heteroatoms. The van der Waals surface area contributed by atoms with Crippen LogP contribution in [0.5, 0.6) is 5.75 Å². The molecule has 8 nitrogen and oxygen atoms in total. The average molecular weight is 417 g/mol. The van der Waals surface area contributed by atoms with Gasteiger partial charge >= 0.3 is 10.2 Å². The van der Waals surface area contributed by atoms with E-state index >= 15 is 0 Å². The first-order chi connectivity index (χ1) is 14.0. The Morgan fingerprint density at radius 3 is 2.72 bits per heavy atom. The van der Waals surface area contributed by atoms with E-state index in [9.17, 15) is 13.2 Å². The Morgan fingerprint density at radius 1 is 1.17 bits per heavy atom. The molecule has 1 aromatic heterocycles. The molecule has 0 aliphatic carbocycles. The van der Waals surface area contributed by atoms with Crippen LogP contribution < -0.4 is 9.57 Å². The van der Waals surface area contributed by atoms with E-state index in [1.807, 2.05) is 23.1 Å². The van der Waals surface area contributed by atoms with Gasteiger partial charge in [0.25, 0.3) is 0 Å². The molecule has 1 N–H and O–H groups in total. The maximum atomic E-state index is 13.3. The molecule has 2 bridgehead atoms. The number of fused-ring (bicyclic) bond motifs is 6. The van der Waals surface area contributed by atoms with E-state index in [1.165, 1.54) is 8.98 Å². The lowest BCUT2D eigenvalue weighted by Gasteiger charge is -2.54. The number of amides is 1. The molecular weight excluding hydrogens is 392 g/mol. The van der Waals surface area contributed by atoms with E-state index in [1.54, 1.807) is 31.6 Å². The molecule has 0 saturated carbocycles.